The molecule has 18 heavy (non-hydrogen) atoms. The summed E-state index contributed by atoms with van der Waals surface area (Å²) in [6.45, 7) is 0.451. The van der Waals surface area contributed by atoms with E-state index in [0.29, 0.717) is 24.3 Å². The largest absolute Gasteiger partial charge is 0.493 e. The van der Waals surface area contributed by atoms with Gasteiger partial charge in [0.25, 0.3) is 0 Å². The summed E-state index contributed by atoms with van der Waals surface area (Å²) in [5, 5.41) is 12.1. The molecule has 5 nitrogen and oxygen atoms in total. The van der Waals surface area contributed by atoms with Crippen LogP contribution in [-0.4, -0.2) is 22.8 Å². The number of ether oxygens (including phenoxy) is 1. The minimum absolute atomic E-state index is 0.0969. The molecule has 0 bridgehead atoms. The van der Waals surface area contributed by atoms with Crippen molar-refractivity contribution in [3.8, 4) is 17.1 Å². The SMILES string of the molecule is O=C(O)c1cc(-c2ccc3c(c2F)CCO3)on1. The van der Waals surface area contributed by atoms with E-state index in [1.807, 2.05) is 0 Å². The van der Waals surface area contributed by atoms with Crippen molar-refractivity contribution in [2.45, 2.75) is 6.42 Å². The first-order valence-corrected chi connectivity index (χ1v) is 5.31. The summed E-state index contributed by atoms with van der Waals surface area (Å²) in [5.74, 6) is -1.04. The number of halogens is 1. The Hall–Kier alpha value is -2.37. The number of aromatic carboxylic acids is 1. The number of aromatic nitrogens is 1. The second-order valence-corrected chi connectivity index (χ2v) is 3.88. The molecular formula is C12H8FNO4. The summed E-state index contributed by atoms with van der Waals surface area (Å²) >= 11 is 0. The molecule has 0 atom stereocenters. The highest BCUT2D eigenvalue weighted by Crippen LogP contribution is 2.34. The first kappa shape index (κ1) is 10.8. The molecule has 1 aromatic carbocycles. The Balaban J connectivity index is 2.09. The van der Waals surface area contributed by atoms with Crippen molar-refractivity contribution in [3.63, 3.8) is 0 Å². The van der Waals surface area contributed by atoms with Gasteiger partial charge >= 0.3 is 5.97 Å². The number of rotatable bonds is 2. The van der Waals surface area contributed by atoms with Crippen LogP contribution in [-0.2, 0) is 6.42 Å². The lowest BCUT2D eigenvalue weighted by Crippen LogP contribution is -1.94. The normalized spacial score (nSPS) is 13.2. The van der Waals surface area contributed by atoms with E-state index in [0.717, 1.165) is 0 Å². The van der Waals surface area contributed by atoms with Crippen molar-refractivity contribution in [2.75, 3.05) is 6.61 Å². The molecule has 1 aliphatic rings. The first-order valence-electron chi connectivity index (χ1n) is 5.31. The highest BCUT2D eigenvalue weighted by Gasteiger charge is 2.22. The Morgan fingerprint density at radius 2 is 2.28 bits per heavy atom. The lowest BCUT2D eigenvalue weighted by molar-refractivity contribution is 0.0686. The van der Waals surface area contributed by atoms with Gasteiger partial charge < -0.3 is 14.4 Å². The highest BCUT2D eigenvalue weighted by molar-refractivity contribution is 5.86. The summed E-state index contributed by atoms with van der Waals surface area (Å²) in [6.07, 6.45) is 0.495. The van der Waals surface area contributed by atoms with Crippen LogP contribution in [0.1, 0.15) is 16.1 Å². The van der Waals surface area contributed by atoms with Gasteiger partial charge in [0.1, 0.15) is 11.6 Å². The van der Waals surface area contributed by atoms with Gasteiger partial charge in [0, 0.05) is 18.1 Å². The quantitative estimate of drug-likeness (QED) is 0.882. The van der Waals surface area contributed by atoms with Crippen molar-refractivity contribution < 1.29 is 23.6 Å². The van der Waals surface area contributed by atoms with Crippen LogP contribution in [0.15, 0.2) is 22.7 Å². The number of nitrogens with zero attached hydrogens (tertiary/aromatic N) is 1. The average molecular weight is 249 g/mol. The molecule has 3 rings (SSSR count). The third-order valence-corrected chi connectivity index (χ3v) is 2.80. The van der Waals surface area contributed by atoms with Gasteiger partial charge in [-0.1, -0.05) is 5.16 Å². The molecule has 0 amide bonds. The molecule has 6 heteroatoms. The maximum absolute atomic E-state index is 14.2. The summed E-state index contributed by atoms with van der Waals surface area (Å²) in [7, 11) is 0. The number of fused-ring (bicyclic) bond motifs is 1. The van der Waals surface area contributed by atoms with Gasteiger partial charge in [0.2, 0.25) is 0 Å². The van der Waals surface area contributed by atoms with Crippen LogP contribution in [0.3, 0.4) is 0 Å². The van der Waals surface area contributed by atoms with Crippen LogP contribution >= 0.6 is 0 Å². The fourth-order valence-electron chi connectivity index (χ4n) is 1.93. The monoisotopic (exact) mass is 249 g/mol. The standard InChI is InChI=1S/C12H8FNO4/c13-11-6(1-2-9-7(11)3-4-17-9)10-5-8(12(15)16)14-18-10/h1-2,5H,3-4H2,(H,15,16). The second-order valence-electron chi connectivity index (χ2n) is 3.88. The number of hydrogen-bond donors (Lipinski definition) is 1. The number of hydrogen-bond acceptors (Lipinski definition) is 4. The molecule has 0 unspecified atom stereocenters. The van der Waals surface area contributed by atoms with Crippen LogP contribution in [0.5, 0.6) is 5.75 Å². The lowest BCUT2D eigenvalue weighted by atomic mass is 10.1. The maximum Gasteiger partial charge on any atom is 0.358 e. The summed E-state index contributed by atoms with van der Waals surface area (Å²) < 4.78 is 24.2. The van der Waals surface area contributed by atoms with Crippen LogP contribution in [0.4, 0.5) is 4.39 Å². The Kier molecular flexibility index (Phi) is 2.29. The number of carboxylic acid groups (broad SMARTS) is 1. The van der Waals surface area contributed by atoms with Gasteiger partial charge in [-0.3, -0.25) is 0 Å². The molecular weight excluding hydrogens is 241 g/mol. The number of benzene rings is 1. The Morgan fingerprint density at radius 3 is 3.00 bits per heavy atom. The van der Waals surface area contributed by atoms with E-state index in [1.54, 1.807) is 6.07 Å². The number of carboxylic acids is 1. The third kappa shape index (κ3) is 1.54. The van der Waals surface area contributed by atoms with E-state index in [-0.39, 0.29) is 17.0 Å². The van der Waals surface area contributed by atoms with Crippen molar-refractivity contribution in [1.29, 1.82) is 0 Å². The third-order valence-electron chi connectivity index (χ3n) is 2.80. The van der Waals surface area contributed by atoms with Crippen molar-refractivity contribution in [3.05, 3.63) is 35.3 Å². The predicted octanol–water partition coefficient (Wildman–Crippen LogP) is 2.11. The molecule has 0 aliphatic carbocycles. The van der Waals surface area contributed by atoms with Gasteiger partial charge in [0.15, 0.2) is 11.5 Å². The maximum atomic E-state index is 14.2. The van der Waals surface area contributed by atoms with Crippen LogP contribution in [0.25, 0.3) is 11.3 Å². The molecule has 2 aromatic rings. The summed E-state index contributed by atoms with van der Waals surface area (Å²) in [4.78, 5) is 10.7. The molecule has 0 fully saturated rings. The van der Waals surface area contributed by atoms with E-state index < -0.39 is 11.8 Å². The molecule has 1 aliphatic heterocycles. The zero-order valence-electron chi connectivity index (χ0n) is 9.14. The molecule has 1 N–H and O–H groups in total. The lowest BCUT2D eigenvalue weighted by Gasteiger charge is -2.03. The molecule has 0 saturated heterocycles. The fourth-order valence-corrected chi connectivity index (χ4v) is 1.93. The molecule has 92 valence electrons. The van der Waals surface area contributed by atoms with Gasteiger partial charge in [-0.25, -0.2) is 9.18 Å². The van der Waals surface area contributed by atoms with E-state index in [2.05, 4.69) is 5.16 Å². The number of carbonyl (C=O) groups is 1. The van der Waals surface area contributed by atoms with Crippen LogP contribution in [0.2, 0.25) is 0 Å². The minimum atomic E-state index is -1.21. The molecule has 2 heterocycles. The minimum Gasteiger partial charge on any atom is -0.493 e. The van der Waals surface area contributed by atoms with Gasteiger partial charge in [-0.15, -0.1) is 0 Å². The van der Waals surface area contributed by atoms with Gasteiger partial charge in [0.05, 0.1) is 12.2 Å². The van der Waals surface area contributed by atoms with Crippen molar-refractivity contribution >= 4 is 5.97 Å². The zero-order chi connectivity index (χ0) is 12.7. The summed E-state index contributed by atoms with van der Waals surface area (Å²) in [5.41, 5.74) is 0.432. The second kappa shape index (κ2) is 3.83. The highest BCUT2D eigenvalue weighted by atomic mass is 19.1. The smallest absolute Gasteiger partial charge is 0.358 e. The fraction of sp³-hybridized carbons (Fsp3) is 0.167. The van der Waals surface area contributed by atoms with E-state index in [1.165, 1.54) is 12.1 Å². The van der Waals surface area contributed by atoms with Gasteiger partial charge in [-0.2, -0.15) is 0 Å². The van der Waals surface area contributed by atoms with Crippen LogP contribution < -0.4 is 4.74 Å². The topological polar surface area (TPSA) is 72.6 Å². The first-order chi connectivity index (χ1) is 8.66. The Labute approximate surface area is 101 Å². The predicted molar refractivity (Wildman–Crippen MR) is 58.1 cm³/mol. The molecule has 0 radical (unpaired) electrons. The molecule has 0 spiro atoms. The molecule has 1 aromatic heterocycles. The van der Waals surface area contributed by atoms with E-state index in [4.69, 9.17) is 14.4 Å². The Morgan fingerprint density at radius 1 is 1.44 bits per heavy atom. The van der Waals surface area contributed by atoms with Crippen LogP contribution in [0, 0.1) is 5.82 Å². The van der Waals surface area contributed by atoms with E-state index in [9.17, 15) is 9.18 Å². The summed E-state index contributed by atoms with van der Waals surface area (Å²) in [6, 6.07) is 4.33. The van der Waals surface area contributed by atoms with E-state index >= 15 is 0 Å². The van der Waals surface area contributed by atoms with Gasteiger partial charge in [-0.05, 0) is 12.1 Å². The Bertz CT molecular complexity index is 635. The van der Waals surface area contributed by atoms with Crippen molar-refractivity contribution in [2.24, 2.45) is 0 Å². The zero-order valence-corrected chi connectivity index (χ0v) is 9.14. The average Bonchev–Trinajstić information content (AvgIpc) is 2.97. The molecule has 0 saturated carbocycles. The van der Waals surface area contributed by atoms with Crippen molar-refractivity contribution in [1.82, 2.24) is 5.16 Å².